The summed E-state index contributed by atoms with van der Waals surface area (Å²) in [5.41, 5.74) is 1.20. The fourth-order valence-electron chi connectivity index (χ4n) is 3.38. The van der Waals surface area contributed by atoms with Gasteiger partial charge in [0.2, 0.25) is 0 Å². The van der Waals surface area contributed by atoms with Crippen molar-refractivity contribution in [2.24, 2.45) is 0 Å². The molecule has 23 heavy (non-hydrogen) atoms. The fraction of sp³-hybridized carbons (Fsp3) is 0.684. The van der Waals surface area contributed by atoms with Crippen molar-refractivity contribution in [1.29, 1.82) is 0 Å². The van der Waals surface area contributed by atoms with Crippen LogP contribution < -0.4 is 9.47 Å². The van der Waals surface area contributed by atoms with E-state index in [1.54, 1.807) is 14.2 Å². The van der Waals surface area contributed by atoms with Gasteiger partial charge in [0.25, 0.3) is 0 Å². The van der Waals surface area contributed by atoms with Crippen molar-refractivity contribution < 1.29 is 19.3 Å². The highest BCUT2D eigenvalue weighted by molar-refractivity contribution is 5.44. The van der Waals surface area contributed by atoms with Crippen molar-refractivity contribution >= 4 is 0 Å². The monoisotopic (exact) mass is 322 g/mol. The van der Waals surface area contributed by atoms with E-state index in [0.717, 1.165) is 43.6 Å². The van der Waals surface area contributed by atoms with Crippen LogP contribution in [0.5, 0.6) is 11.5 Å². The lowest BCUT2D eigenvalue weighted by molar-refractivity contribution is 0.00200. The zero-order chi connectivity index (χ0) is 16.8. The normalized spacial score (nSPS) is 23.5. The average molecular weight is 322 g/mol. The molecule has 4 nitrogen and oxygen atoms in total. The smallest absolute Gasteiger partial charge is 0.160 e. The van der Waals surface area contributed by atoms with Gasteiger partial charge >= 0.3 is 0 Å². The van der Waals surface area contributed by atoms with Gasteiger partial charge in [-0.2, -0.15) is 0 Å². The molecule has 4 heteroatoms. The van der Waals surface area contributed by atoms with Crippen molar-refractivity contribution in [3.8, 4) is 11.5 Å². The van der Waals surface area contributed by atoms with Crippen LogP contribution >= 0.6 is 0 Å². The van der Waals surface area contributed by atoms with Gasteiger partial charge in [0.15, 0.2) is 11.5 Å². The Balaban J connectivity index is 1.97. The molecule has 0 unspecified atom stereocenters. The third-order valence-corrected chi connectivity index (χ3v) is 4.79. The van der Waals surface area contributed by atoms with E-state index in [9.17, 15) is 5.11 Å². The molecule has 1 aromatic rings. The Hall–Kier alpha value is -1.26. The van der Waals surface area contributed by atoms with Gasteiger partial charge in [0.05, 0.1) is 32.5 Å². The van der Waals surface area contributed by atoms with Gasteiger partial charge in [-0.25, -0.2) is 0 Å². The first kappa shape index (κ1) is 18.1. The Kier molecular flexibility index (Phi) is 6.72. The molecule has 1 aromatic carbocycles. The van der Waals surface area contributed by atoms with Crippen LogP contribution in [0.3, 0.4) is 0 Å². The summed E-state index contributed by atoms with van der Waals surface area (Å²) in [5, 5.41) is 9.97. The van der Waals surface area contributed by atoms with E-state index in [4.69, 9.17) is 14.2 Å². The summed E-state index contributed by atoms with van der Waals surface area (Å²) in [6.07, 6.45) is 4.84. The Morgan fingerprint density at radius 1 is 1.22 bits per heavy atom. The summed E-state index contributed by atoms with van der Waals surface area (Å²) in [5.74, 6) is 1.80. The van der Waals surface area contributed by atoms with E-state index in [0.29, 0.717) is 5.92 Å². The molecular weight excluding hydrogens is 292 g/mol. The molecule has 1 aliphatic heterocycles. The molecule has 130 valence electrons. The minimum Gasteiger partial charge on any atom is -0.493 e. The predicted octanol–water partition coefficient (Wildman–Crippen LogP) is 3.91. The van der Waals surface area contributed by atoms with E-state index in [1.807, 2.05) is 12.1 Å². The molecule has 0 bridgehead atoms. The summed E-state index contributed by atoms with van der Waals surface area (Å²) in [4.78, 5) is 0. The van der Waals surface area contributed by atoms with Gasteiger partial charge in [-0.3, -0.25) is 0 Å². The zero-order valence-corrected chi connectivity index (χ0v) is 14.7. The summed E-state index contributed by atoms with van der Waals surface area (Å²) >= 11 is 0. The minimum atomic E-state index is -0.236. The molecule has 0 aliphatic carbocycles. The first-order chi connectivity index (χ1) is 11.1. The topological polar surface area (TPSA) is 47.9 Å². The summed E-state index contributed by atoms with van der Waals surface area (Å²) in [6.45, 7) is 4.29. The fourth-order valence-corrected chi connectivity index (χ4v) is 3.38. The Morgan fingerprint density at radius 2 is 1.96 bits per heavy atom. The summed E-state index contributed by atoms with van der Waals surface area (Å²) in [6, 6.07) is 6.06. The largest absolute Gasteiger partial charge is 0.493 e. The van der Waals surface area contributed by atoms with E-state index >= 15 is 0 Å². The number of methoxy groups -OCH3 is 2. The SMILES string of the molecule is CCC[C@H](O)C[C@@H]1CC[C@H]([C@H](C)c2ccc(OC)c(OC)c2)O1. The molecule has 0 amide bonds. The van der Waals surface area contributed by atoms with Gasteiger partial charge in [0, 0.05) is 5.92 Å². The quantitative estimate of drug-likeness (QED) is 0.788. The maximum Gasteiger partial charge on any atom is 0.160 e. The Morgan fingerprint density at radius 3 is 2.61 bits per heavy atom. The zero-order valence-electron chi connectivity index (χ0n) is 14.7. The molecule has 0 spiro atoms. The molecule has 1 saturated heterocycles. The van der Waals surface area contributed by atoms with Gasteiger partial charge in [0.1, 0.15) is 0 Å². The number of benzene rings is 1. The third-order valence-electron chi connectivity index (χ3n) is 4.79. The highest BCUT2D eigenvalue weighted by atomic mass is 16.5. The Labute approximate surface area is 139 Å². The van der Waals surface area contributed by atoms with Crippen molar-refractivity contribution in [3.05, 3.63) is 23.8 Å². The third kappa shape index (κ3) is 4.61. The summed E-state index contributed by atoms with van der Waals surface area (Å²) < 4.78 is 16.9. The first-order valence-corrected chi connectivity index (χ1v) is 8.64. The maximum absolute atomic E-state index is 9.97. The number of aliphatic hydroxyl groups excluding tert-OH is 1. The molecule has 4 atom stereocenters. The van der Waals surface area contributed by atoms with Crippen LogP contribution in [0.25, 0.3) is 0 Å². The first-order valence-electron chi connectivity index (χ1n) is 8.64. The van der Waals surface area contributed by atoms with Crippen LogP contribution in [0.1, 0.15) is 57.4 Å². The minimum absolute atomic E-state index is 0.184. The highest BCUT2D eigenvalue weighted by Crippen LogP contribution is 2.36. The molecular formula is C19H30O4. The maximum atomic E-state index is 9.97. The summed E-state index contributed by atoms with van der Waals surface area (Å²) in [7, 11) is 3.30. The number of ether oxygens (including phenoxy) is 3. The van der Waals surface area contributed by atoms with Gasteiger partial charge in [-0.15, -0.1) is 0 Å². The van der Waals surface area contributed by atoms with Gasteiger partial charge in [-0.05, 0) is 43.4 Å². The van der Waals surface area contributed by atoms with Crippen LogP contribution in [0, 0.1) is 0 Å². The van der Waals surface area contributed by atoms with Crippen LogP contribution in [0.4, 0.5) is 0 Å². The van der Waals surface area contributed by atoms with Crippen LogP contribution in [-0.2, 0) is 4.74 Å². The lowest BCUT2D eigenvalue weighted by Crippen LogP contribution is -2.21. The molecule has 1 heterocycles. The van der Waals surface area contributed by atoms with Crippen LogP contribution in [0.15, 0.2) is 18.2 Å². The van der Waals surface area contributed by atoms with Crippen molar-refractivity contribution in [2.75, 3.05) is 14.2 Å². The number of hydrogen-bond acceptors (Lipinski definition) is 4. The molecule has 0 saturated carbocycles. The molecule has 0 radical (unpaired) electrons. The van der Waals surface area contributed by atoms with Crippen molar-refractivity contribution in [1.82, 2.24) is 0 Å². The average Bonchev–Trinajstić information content (AvgIpc) is 3.02. The van der Waals surface area contributed by atoms with Crippen molar-refractivity contribution in [3.63, 3.8) is 0 Å². The molecule has 1 fully saturated rings. The van der Waals surface area contributed by atoms with Gasteiger partial charge in [-0.1, -0.05) is 26.3 Å². The lowest BCUT2D eigenvalue weighted by atomic mass is 9.93. The Bertz CT molecular complexity index is 488. The molecule has 1 N–H and O–H groups in total. The second-order valence-corrected chi connectivity index (χ2v) is 6.46. The number of aliphatic hydroxyl groups is 1. The van der Waals surface area contributed by atoms with E-state index in [-0.39, 0.29) is 18.3 Å². The standard InChI is InChI=1S/C19H30O4/c1-5-6-15(20)12-16-8-10-17(23-16)13(2)14-7-9-18(21-3)19(11-14)22-4/h7,9,11,13,15-17,20H,5-6,8,10,12H2,1-4H3/t13-,15+,16+,17-/m1/s1. The second kappa shape index (κ2) is 8.55. The van der Waals surface area contributed by atoms with Crippen molar-refractivity contribution in [2.45, 2.75) is 70.2 Å². The molecule has 2 rings (SSSR count). The second-order valence-electron chi connectivity index (χ2n) is 6.46. The van der Waals surface area contributed by atoms with Crippen LogP contribution in [-0.4, -0.2) is 37.6 Å². The molecule has 1 aliphatic rings. The number of rotatable bonds is 8. The lowest BCUT2D eigenvalue weighted by Gasteiger charge is -2.22. The van der Waals surface area contributed by atoms with Gasteiger partial charge < -0.3 is 19.3 Å². The van der Waals surface area contributed by atoms with Crippen LogP contribution in [0.2, 0.25) is 0 Å². The highest BCUT2D eigenvalue weighted by Gasteiger charge is 2.31. The van der Waals surface area contributed by atoms with E-state index < -0.39 is 0 Å². The van der Waals surface area contributed by atoms with E-state index in [2.05, 4.69) is 19.9 Å². The predicted molar refractivity (Wildman–Crippen MR) is 91.4 cm³/mol. The van der Waals surface area contributed by atoms with E-state index in [1.165, 1.54) is 5.56 Å². The molecule has 0 aromatic heterocycles. The number of hydrogen-bond donors (Lipinski definition) is 1.